The van der Waals surface area contributed by atoms with Crippen molar-refractivity contribution in [2.24, 2.45) is 0 Å². The molecule has 0 bridgehead atoms. The number of amides is 2. The maximum absolute atomic E-state index is 12.1. The molecule has 8 nitrogen and oxygen atoms in total. The lowest BCUT2D eigenvalue weighted by Crippen LogP contribution is -2.30. The Morgan fingerprint density at radius 3 is 2.89 bits per heavy atom. The summed E-state index contributed by atoms with van der Waals surface area (Å²) in [7, 11) is 0. The van der Waals surface area contributed by atoms with Crippen LogP contribution >= 0.6 is 0 Å². The van der Waals surface area contributed by atoms with Crippen molar-refractivity contribution in [2.75, 3.05) is 18.5 Å². The van der Waals surface area contributed by atoms with Gasteiger partial charge in [0.05, 0.1) is 36.4 Å². The summed E-state index contributed by atoms with van der Waals surface area (Å²) in [4.78, 5) is 12.1. The lowest BCUT2D eigenvalue weighted by molar-refractivity contribution is 0.0940. The van der Waals surface area contributed by atoms with Gasteiger partial charge in [0.2, 0.25) is 0 Å². The van der Waals surface area contributed by atoms with Crippen molar-refractivity contribution >= 4 is 11.7 Å². The van der Waals surface area contributed by atoms with Crippen molar-refractivity contribution in [3.8, 4) is 5.69 Å². The van der Waals surface area contributed by atoms with E-state index in [1.165, 1.54) is 0 Å². The van der Waals surface area contributed by atoms with Crippen molar-refractivity contribution in [1.82, 2.24) is 24.9 Å². The molecule has 0 radical (unpaired) electrons. The zero-order valence-corrected chi connectivity index (χ0v) is 15.6. The number of hydrogen-bond donors (Lipinski definition) is 2. The Balaban J connectivity index is 1.21. The van der Waals surface area contributed by atoms with Crippen molar-refractivity contribution in [1.29, 1.82) is 0 Å². The zero-order chi connectivity index (χ0) is 19.2. The highest BCUT2D eigenvalue weighted by Crippen LogP contribution is 2.15. The van der Waals surface area contributed by atoms with Crippen LogP contribution in [0.2, 0.25) is 0 Å². The number of nitrogens with zero attached hydrogens (tertiary/aromatic N) is 4. The highest BCUT2D eigenvalue weighted by Gasteiger charge is 2.16. The average molecular weight is 380 g/mol. The first-order chi connectivity index (χ1) is 13.8. The molecule has 8 heteroatoms. The Morgan fingerprint density at radius 1 is 1.18 bits per heavy atom. The van der Waals surface area contributed by atoms with E-state index < -0.39 is 0 Å². The summed E-state index contributed by atoms with van der Waals surface area (Å²) in [6.07, 6.45) is 10.4. The normalized spacial score (nSPS) is 16.2. The second-order valence-corrected chi connectivity index (χ2v) is 6.85. The third kappa shape index (κ3) is 4.77. The van der Waals surface area contributed by atoms with E-state index in [2.05, 4.69) is 20.8 Å². The van der Waals surface area contributed by atoms with Gasteiger partial charge in [0, 0.05) is 25.5 Å². The summed E-state index contributed by atoms with van der Waals surface area (Å²) in [5.41, 5.74) is 2.75. The number of aromatic nitrogens is 4. The molecule has 1 aromatic carbocycles. The second kappa shape index (κ2) is 8.71. The molecule has 2 amide bonds. The number of carbonyl (C=O) groups is 1. The van der Waals surface area contributed by atoms with E-state index in [-0.39, 0.29) is 12.1 Å². The van der Waals surface area contributed by atoms with Crippen LogP contribution in [0, 0.1) is 0 Å². The van der Waals surface area contributed by atoms with Gasteiger partial charge >= 0.3 is 6.03 Å². The summed E-state index contributed by atoms with van der Waals surface area (Å²) >= 11 is 0. The third-order valence-corrected chi connectivity index (χ3v) is 4.66. The van der Waals surface area contributed by atoms with Crippen molar-refractivity contribution in [3.05, 3.63) is 60.7 Å². The van der Waals surface area contributed by atoms with E-state index in [4.69, 9.17) is 4.74 Å². The molecule has 1 aliphatic heterocycles. The van der Waals surface area contributed by atoms with Crippen LogP contribution in [0.4, 0.5) is 10.5 Å². The number of urea groups is 1. The first kappa shape index (κ1) is 18.2. The lowest BCUT2D eigenvalue weighted by Gasteiger charge is -2.08. The summed E-state index contributed by atoms with van der Waals surface area (Å²) in [6.45, 7) is 2.06. The number of ether oxygens (including phenoxy) is 1. The van der Waals surface area contributed by atoms with Gasteiger partial charge in [-0.05, 0) is 37.0 Å². The highest BCUT2D eigenvalue weighted by atomic mass is 16.5. The standard InChI is InChI=1S/C20H24N6O2/c27-20(24-17-12-22-25(14-17)15-19-7-4-10-28-19)21-9-8-16-11-23-26(13-16)18-5-2-1-3-6-18/h1-3,5-6,11-14,19H,4,7-10,15H2,(H2,21,24,27). The van der Waals surface area contributed by atoms with Crippen LogP contribution in [0.25, 0.3) is 5.69 Å². The Kier molecular flexibility index (Phi) is 5.67. The number of para-hydroxylation sites is 1. The summed E-state index contributed by atoms with van der Waals surface area (Å²) < 4.78 is 9.25. The van der Waals surface area contributed by atoms with Crippen LogP contribution in [0.15, 0.2) is 55.1 Å². The van der Waals surface area contributed by atoms with Crippen LogP contribution in [-0.2, 0) is 17.7 Å². The molecule has 4 rings (SSSR count). The highest BCUT2D eigenvalue weighted by molar-refractivity contribution is 5.88. The average Bonchev–Trinajstić information content (AvgIpc) is 3.46. The molecule has 0 aliphatic carbocycles. The summed E-state index contributed by atoms with van der Waals surface area (Å²) in [5, 5.41) is 14.3. The van der Waals surface area contributed by atoms with Crippen LogP contribution in [-0.4, -0.2) is 44.8 Å². The third-order valence-electron chi connectivity index (χ3n) is 4.66. The molecule has 0 saturated carbocycles. The molecule has 1 atom stereocenters. The van der Waals surface area contributed by atoms with E-state index >= 15 is 0 Å². The van der Waals surface area contributed by atoms with Gasteiger partial charge in [-0.2, -0.15) is 10.2 Å². The fraction of sp³-hybridized carbons (Fsp3) is 0.350. The van der Waals surface area contributed by atoms with Gasteiger partial charge in [0.1, 0.15) is 0 Å². The molecule has 28 heavy (non-hydrogen) atoms. The molecule has 2 N–H and O–H groups in total. The minimum Gasteiger partial charge on any atom is -0.376 e. The number of anilines is 1. The molecular weight excluding hydrogens is 356 g/mol. The van der Waals surface area contributed by atoms with Gasteiger partial charge < -0.3 is 15.4 Å². The monoisotopic (exact) mass is 380 g/mol. The molecule has 146 valence electrons. The van der Waals surface area contributed by atoms with E-state index in [1.54, 1.807) is 6.20 Å². The second-order valence-electron chi connectivity index (χ2n) is 6.85. The van der Waals surface area contributed by atoms with E-state index in [0.717, 1.165) is 30.7 Å². The fourth-order valence-corrected chi connectivity index (χ4v) is 3.23. The minimum absolute atomic E-state index is 0.221. The Bertz CT molecular complexity index is 898. The SMILES string of the molecule is O=C(NCCc1cnn(-c2ccccc2)c1)Nc1cnn(CC2CCCO2)c1. The quantitative estimate of drug-likeness (QED) is 0.660. The van der Waals surface area contributed by atoms with E-state index in [9.17, 15) is 4.79 Å². The molecular formula is C20H24N6O2. The van der Waals surface area contributed by atoms with Crippen molar-refractivity contribution in [3.63, 3.8) is 0 Å². The number of hydrogen-bond acceptors (Lipinski definition) is 4. The predicted molar refractivity (Wildman–Crippen MR) is 105 cm³/mol. The molecule has 2 aromatic heterocycles. The summed E-state index contributed by atoms with van der Waals surface area (Å²) in [6, 6.07) is 9.69. The molecule has 3 aromatic rings. The smallest absolute Gasteiger partial charge is 0.319 e. The van der Waals surface area contributed by atoms with Gasteiger partial charge in [0.25, 0.3) is 0 Å². The first-order valence-electron chi connectivity index (χ1n) is 9.54. The Hall–Kier alpha value is -3.13. The predicted octanol–water partition coefficient (Wildman–Crippen LogP) is 2.61. The summed E-state index contributed by atoms with van der Waals surface area (Å²) in [5.74, 6) is 0. The number of rotatable bonds is 7. The lowest BCUT2D eigenvalue weighted by atomic mass is 10.2. The molecule has 1 aliphatic rings. The maximum Gasteiger partial charge on any atom is 0.319 e. The van der Waals surface area contributed by atoms with Gasteiger partial charge in [-0.15, -0.1) is 0 Å². The van der Waals surface area contributed by atoms with Crippen LogP contribution in [0.5, 0.6) is 0 Å². The molecule has 0 spiro atoms. The van der Waals surface area contributed by atoms with Gasteiger partial charge in [-0.1, -0.05) is 18.2 Å². The zero-order valence-electron chi connectivity index (χ0n) is 15.6. The van der Waals surface area contributed by atoms with Crippen LogP contribution < -0.4 is 10.6 Å². The van der Waals surface area contributed by atoms with E-state index in [0.29, 0.717) is 25.2 Å². The van der Waals surface area contributed by atoms with Gasteiger partial charge in [-0.25, -0.2) is 9.48 Å². The minimum atomic E-state index is -0.243. The number of carbonyl (C=O) groups excluding carboxylic acids is 1. The van der Waals surface area contributed by atoms with Crippen molar-refractivity contribution in [2.45, 2.75) is 31.9 Å². The van der Waals surface area contributed by atoms with Crippen molar-refractivity contribution < 1.29 is 9.53 Å². The van der Waals surface area contributed by atoms with Crippen LogP contribution in [0.1, 0.15) is 18.4 Å². The largest absolute Gasteiger partial charge is 0.376 e. The number of benzene rings is 1. The molecule has 1 unspecified atom stereocenters. The Morgan fingerprint density at radius 2 is 2.07 bits per heavy atom. The Labute approximate surface area is 163 Å². The van der Waals surface area contributed by atoms with Gasteiger partial charge in [0.15, 0.2) is 0 Å². The topological polar surface area (TPSA) is 86.0 Å². The van der Waals surface area contributed by atoms with Gasteiger partial charge in [-0.3, -0.25) is 4.68 Å². The van der Waals surface area contributed by atoms with E-state index in [1.807, 2.05) is 58.3 Å². The first-order valence-corrected chi connectivity index (χ1v) is 9.54. The maximum atomic E-state index is 12.1. The molecule has 3 heterocycles. The number of nitrogens with one attached hydrogen (secondary N) is 2. The molecule has 1 fully saturated rings. The van der Waals surface area contributed by atoms with Crippen LogP contribution in [0.3, 0.4) is 0 Å². The molecule has 1 saturated heterocycles. The fourth-order valence-electron chi connectivity index (χ4n) is 3.23.